The van der Waals surface area contributed by atoms with Gasteiger partial charge in [-0.2, -0.15) is 0 Å². The third-order valence-electron chi connectivity index (χ3n) is 6.06. The van der Waals surface area contributed by atoms with E-state index in [9.17, 15) is 19.2 Å². The predicted molar refractivity (Wildman–Crippen MR) is 115 cm³/mol. The number of halogens is 1. The zero-order chi connectivity index (χ0) is 22.3. The standard InChI is InChI=1S/C24H22ClNO5/c1-13-6-5-7-14(2)26(13)19(27)12-31-24(30)18-11-10-17-20(21(18)25)23(29)16-9-4-3-8-15(16)22(17)28/h3-4,8-11,13-14H,5-7,12H2,1-2H3/t13-,14+. The van der Waals surface area contributed by atoms with Crippen molar-refractivity contribution in [1.29, 1.82) is 0 Å². The minimum Gasteiger partial charge on any atom is -0.452 e. The topological polar surface area (TPSA) is 80.8 Å². The van der Waals surface area contributed by atoms with Crippen LogP contribution in [0.3, 0.4) is 0 Å². The van der Waals surface area contributed by atoms with E-state index in [0.29, 0.717) is 5.56 Å². The number of rotatable bonds is 3. The maximum Gasteiger partial charge on any atom is 0.340 e. The van der Waals surface area contributed by atoms with Gasteiger partial charge in [0.25, 0.3) is 5.91 Å². The third kappa shape index (κ3) is 3.65. The van der Waals surface area contributed by atoms with Gasteiger partial charge in [-0.1, -0.05) is 35.9 Å². The first-order chi connectivity index (χ1) is 14.8. The number of carbonyl (C=O) groups is 4. The summed E-state index contributed by atoms with van der Waals surface area (Å²) in [5.41, 5.74) is 0.646. The lowest BCUT2D eigenvalue weighted by Crippen LogP contribution is -2.49. The molecule has 2 aromatic carbocycles. The molecule has 0 unspecified atom stereocenters. The molecule has 0 N–H and O–H groups in total. The number of hydrogen-bond donors (Lipinski definition) is 0. The zero-order valence-corrected chi connectivity index (χ0v) is 18.1. The summed E-state index contributed by atoms with van der Waals surface area (Å²) in [5.74, 6) is -1.81. The highest BCUT2D eigenvalue weighted by molar-refractivity contribution is 6.41. The van der Waals surface area contributed by atoms with Gasteiger partial charge in [-0.25, -0.2) is 4.79 Å². The number of ether oxygens (including phenoxy) is 1. The van der Waals surface area contributed by atoms with Gasteiger partial charge in [0, 0.05) is 28.8 Å². The smallest absolute Gasteiger partial charge is 0.340 e. The number of ketones is 2. The van der Waals surface area contributed by atoms with Gasteiger partial charge < -0.3 is 9.64 Å². The summed E-state index contributed by atoms with van der Waals surface area (Å²) < 4.78 is 5.23. The van der Waals surface area contributed by atoms with Crippen LogP contribution in [0.15, 0.2) is 36.4 Å². The van der Waals surface area contributed by atoms with Crippen molar-refractivity contribution in [2.45, 2.75) is 45.2 Å². The Morgan fingerprint density at radius 2 is 1.58 bits per heavy atom. The van der Waals surface area contributed by atoms with Crippen LogP contribution in [0.4, 0.5) is 0 Å². The third-order valence-corrected chi connectivity index (χ3v) is 6.45. The van der Waals surface area contributed by atoms with Gasteiger partial charge in [0.1, 0.15) is 0 Å². The number of benzene rings is 2. The van der Waals surface area contributed by atoms with Crippen molar-refractivity contribution >= 4 is 35.0 Å². The van der Waals surface area contributed by atoms with Gasteiger partial charge in [0.15, 0.2) is 18.2 Å². The first-order valence-corrected chi connectivity index (χ1v) is 10.7. The van der Waals surface area contributed by atoms with Gasteiger partial charge in [-0.15, -0.1) is 0 Å². The van der Waals surface area contributed by atoms with E-state index < -0.39 is 18.4 Å². The summed E-state index contributed by atoms with van der Waals surface area (Å²) in [6.45, 7) is 3.56. The second kappa shape index (κ2) is 8.27. The molecule has 1 aliphatic carbocycles. The van der Waals surface area contributed by atoms with E-state index >= 15 is 0 Å². The summed E-state index contributed by atoms with van der Waals surface area (Å²) in [7, 11) is 0. The molecule has 1 saturated heterocycles. The van der Waals surface area contributed by atoms with E-state index in [2.05, 4.69) is 0 Å². The molecule has 2 aromatic rings. The lowest BCUT2D eigenvalue weighted by Gasteiger charge is -2.38. The van der Waals surface area contributed by atoms with Crippen molar-refractivity contribution in [1.82, 2.24) is 4.90 Å². The number of nitrogens with zero attached hydrogens (tertiary/aromatic N) is 1. The van der Waals surface area contributed by atoms with E-state index in [1.54, 1.807) is 29.2 Å². The van der Waals surface area contributed by atoms with Crippen LogP contribution < -0.4 is 0 Å². The predicted octanol–water partition coefficient (Wildman–Crippen LogP) is 4.06. The number of hydrogen-bond acceptors (Lipinski definition) is 5. The van der Waals surface area contributed by atoms with Crippen molar-refractivity contribution in [3.05, 3.63) is 69.2 Å². The number of carbonyl (C=O) groups excluding carboxylic acids is 4. The fourth-order valence-corrected chi connectivity index (χ4v) is 4.82. The molecule has 1 fully saturated rings. The zero-order valence-electron chi connectivity index (χ0n) is 17.3. The molecule has 0 saturated carbocycles. The summed E-state index contributed by atoms with van der Waals surface area (Å²) in [4.78, 5) is 52.7. The van der Waals surface area contributed by atoms with Gasteiger partial charge in [-0.3, -0.25) is 14.4 Å². The highest BCUT2D eigenvalue weighted by Gasteiger charge is 2.34. The van der Waals surface area contributed by atoms with Gasteiger partial charge in [-0.05, 0) is 45.2 Å². The summed E-state index contributed by atoms with van der Waals surface area (Å²) in [6.07, 6.45) is 2.89. The van der Waals surface area contributed by atoms with Crippen molar-refractivity contribution < 1.29 is 23.9 Å². The molecular weight excluding hydrogens is 418 g/mol. The first-order valence-electron chi connectivity index (χ1n) is 10.3. The van der Waals surface area contributed by atoms with Crippen molar-refractivity contribution in [3.8, 4) is 0 Å². The van der Waals surface area contributed by atoms with E-state index in [-0.39, 0.29) is 51.1 Å². The van der Waals surface area contributed by atoms with Crippen LogP contribution in [0.25, 0.3) is 0 Å². The maximum atomic E-state index is 12.9. The van der Waals surface area contributed by atoms with Crippen LogP contribution in [0.1, 0.15) is 75.3 Å². The molecule has 0 radical (unpaired) electrons. The normalized spacial score (nSPS) is 20.2. The fraction of sp³-hybridized carbons (Fsp3) is 0.333. The lowest BCUT2D eigenvalue weighted by atomic mass is 9.83. The monoisotopic (exact) mass is 439 g/mol. The van der Waals surface area contributed by atoms with E-state index in [1.165, 1.54) is 12.1 Å². The SMILES string of the molecule is C[C@@H]1CCC[C@H](C)N1C(=O)COC(=O)c1ccc2c(c1Cl)C(=O)c1ccccc1C2=O. The summed E-state index contributed by atoms with van der Waals surface area (Å²) >= 11 is 6.39. The molecule has 4 rings (SSSR count). The van der Waals surface area contributed by atoms with Crippen LogP contribution in [-0.4, -0.2) is 47.0 Å². The Morgan fingerprint density at radius 3 is 2.23 bits per heavy atom. The highest BCUT2D eigenvalue weighted by Crippen LogP contribution is 2.34. The lowest BCUT2D eigenvalue weighted by molar-refractivity contribution is -0.140. The van der Waals surface area contributed by atoms with Gasteiger partial charge in [0.05, 0.1) is 16.1 Å². The maximum absolute atomic E-state index is 12.9. The Hall–Kier alpha value is -2.99. The number of likely N-dealkylation sites (tertiary alicyclic amines) is 1. The van der Waals surface area contributed by atoms with Crippen LogP contribution in [-0.2, 0) is 9.53 Å². The molecule has 2 atom stereocenters. The molecule has 0 bridgehead atoms. The quantitative estimate of drug-likeness (QED) is 0.575. The minimum absolute atomic E-state index is 0.00980. The first kappa shape index (κ1) is 21.2. The molecule has 1 heterocycles. The van der Waals surface area contributed by atoms with Crippen LogP contribution in [0.5, 0.6) is 0 Å². The van der Waals surface area contributed by atoms with Crippen molar-refractivity contribution in [2.75, 3.05) is 6.61 Å². The Bertz CT molecular complexity index is 1100. The fourth-order valence-electron chi connectivity index (χ4n) is 4.50. The Morgan fingerprint density at radius 1 is 0.968 bits per heavy atom. The molecule has 6 nitrogen and oxygen atoms in total. The summed E-state index contributed by atoms with van der Waals surface area (Å²) in [5, 5.41) is -0.137. The molecule has 0 spiro atoms. The van der Waals surface area contributed by atoms with Gasteiger partial charge in [0.2, 0.25) is 0 Å². The number of esters is 1. The van der Waals surface area contributed by atoms with Gasteiger partial charge >= 0.3 is 5.97 Å². The van der Waals surface area contributed by atoms with E-state index in [0.717, 1.165) is 19.3 Å². The average molecular weight is 440 g/mol. The van der Waals surface area contributed by atoms with Crippen LogP contribution in [0.2, 0.25) is 5.02 Å². The van der Waals surface area contributed by atoms with Crippen molar-refractivity contribution in [2.24, 2.45) is 0 Å². The van der Waals surface area contributed by atoms with Crippen LogP contribution in [0, 0.1) is 0 Å². The molecule has 7 heteroatoms. The van der Waals surface area contributed by atoms with Crippen LogP contribution >= 0.6 is 11.6 Å². The molecule has 2 aliphatic rings. The average Bonchev–Trinajstić information content (AvgIpc) is 2.75. The van der Waals surface area contributed by atoms with E-state index in [4.69, 9.17) is 16.3 Å². The largest absolute Gasteiger partial charge is 0.452 e. The van der Waals surface area contributed by atoms with Crippen molar-refractivity contribution in [3.63, 3.8) is 0 Å². The number of piperidine rings is 1. The molecule has 0 aromatic heterocycles. The Balaban J connectivity index is 1.56. The molecule has 1 aliphatic heterocycles. The Kier molecular flexibility index (Phi) is 5.67. The molecule has 160 valence electrons. The molecular formula is C24H22ClNO5. The second-order valence-corrected chi connectivity index (χ2v) is 8.44. The summed E-state index contributed by atoms with van der Waals surface area (Å²) in [6, 6.07) is 9.43. The number of fused-ring (bicyclic) bond motifs is 2. The number of amides is 1. The minimum atomic E-state index is -0.808. The molecule has 31 heavy (non-hydrogen) atoms. The Labute approximate surface area is 185 Å². The highest BCUT2D eigenvalue weighted by atomic mass is 35.5. The second-order valence-electron chi connectivity index (χ2n) is 8.06. The van der Waals surface area contributed by atoms with E-state index in [1.807, 2.05) is 13.8 Å². The molecule has 1 amide bonds.